The van der Waals surface area contributed by atoms with Gasteiger partial charge in [-0.2, -0.15) is 0 Å². The molecule has 0 aliphatic rings. The Kier molecular flexibility index (Phi) is 4.44. The number of anilines is 1. The summed E-state index contributed by atoms with van der Waals surface area (Å²) in [6, 6.07) is 14.2. The molecule has 24 heavy (non-hydrogen) atoms. The largest absolute Gasteiger partial charge is 0.322 e. The minimum absolute atomic E-state index is 0.0454. The Balaban J connectivity index is 1.87. The maximum Gasteiger partial charge on any atom is 0.264 e. The fraction of sp³-hybridized carbons (Fsp3) is 0.0556. The molecule has 6 heteroatoms. The summed E-state index contributed by atoms with van der Waals surface area (Å²) in [7, 11) is 0. The number of aromatic nitrogens is 2. The van der Waals surface area contributed by atoms with Gasteiger partial charge < -0.3 is 10.3 Å². The van der Waals surface area contributed by atoms with Crippen LogP contribution in [0.25, 0.3) is 11.4 Å². The van der Waals surface area contributed by atoms with Crippen LogP contribution in [0.2, 0.25) is 5.02 Å². The first-order valence-electron chi connectivity index (χ1n) is 7.27. The van der Waals surface area contributed by atoms with Crippen molar-refractivity contribution in [3.05, 3.63) is 81.2 Å². The molecule has 0 unspecified atom stereocenters. The zero-order valence-corrected chi connectivity index (χ0v) is 13.6. The Morgan fingerprint density at radius 2 is 1.83 bits per heavy atom. The molecule has 0 saturated heterocycles. The van der Waals surface area contributed by atoms with Crippen LogP contribution >= 0.6 is 11.6 Å². The number of halogens is 1. The molecule has 5 nitrogen and oxygen atoms in total. The molecule has 0 radical (unpaired) electrons. The second kappa shape index (κ2) is 6.68. The Hall–Kier alpha value is -2.92. The number of rotatable bonds is 3. The summed E-state index contributed by atoms with van der Waals surface area (Å²) >= 11 is 5.84. The van der Waals surface area contributed by atoms with Gasteiger partial charge in [0.25, 0.3) is 11.5 Å². The van der Waals surface area contributed by atoms with Crippen molar-refractivity contribution in [1.82, 2.24) is 9.97 Å². The van der Waals surface area contributed by atoms with Gasteiger partial charge in [-0.25, -0.2) is 4.98 Å². The fourth-order valence-corrected chi connectivity index (χ4v) is 2.34. The third-order valence-electron chi connectivity index (χ3n) is 3.55. The minimum Gasteiger partial charge on any atom is -0.322 e. The van der Waals surface area contributed by atoms with Crippen LogP contribution in [0, 0.1) is 6.92 Å². The lowest BCUT2D eigenvalue weighted by molar-refractivity contribution is 0.102. The summed E-state index contributed by atoms with van der Waals surface area (Å²) in [4.78, 5) is 31.3. The van der Waals surface area contributed by atoms with E-state index < -0.39 is 11.5 Å². The third-order valence-corrected chi connectivity index (χ3v) is 3.81. The highest BCUT2D eigenvalue weighted by atomic mass is 35.5. The summed E-state index contributed by atoms with van der Waals surface area (Å²) in [5, 5.41) is 3.31. The zero-order chi connectivity index (χ0) is 17.1. The van der Waals surface area contributed by atoms with Gasteiger partial charge in [0.15, 0.2) is 0 Å². The van der Waals surface area contributed by atoms with Gasteiger partial charge >= 0.3 is 0 Å². The van der Waals surface area contributed by atoms with Crippen LogP contribution in [-0.2, 0) is 0 Å². The number of carbonyl (C=O) groups excluding carboxylic acids is 1. The topological polar surface area (TPSA) is 74.8 Å². The highest BCUT2D eigenvalue weighted by molar-refractivity contribution is 6.30. The average molecular weight is 340 g/mol. The molecule has 1 amide bonds. The van der Waals surface area contributed by atoms with Crippen LogP contribution in [0.5, 0.6) is 0 Å². The van der Waals surface area contributed by atoms with E-state index in [1.807, 2.05) is 25.1 Å². The number of H-pyrrole nitrogens is 1. The van der Waals surface area contributed by atoms with Crippen LogP contribution in [0.15, 0.2) is 59.5 Å². The molecule has 1 aromatic heterocycles. The summed E-state index contributed by atoms with van der Waals surface area (Å²) in [5.41, 5.74) is 1.73. The summed E-state index contributed by atoms with van der Waals surface area (Å²) < 4.78 is 0. The van der Waals surface area contributed by atoms with Crippen LogP contribution < -0.4 is 10.9 Å². The number of carbonyl (C=O) groups is 1. The number of benzene rings is 2. The number of nitrogens with zero attached hydrogens (tertiary/aromatic N) is 1. The van der Waals surface area contributed by atoms with E-state index in [-0.39, 0.29) is 5.56 Å². The predicted molar refractivity (Wildman–Crippen MR) is 94.4 cm³/mol. The molecule has 3 aromatic rings. The lowest BCUT2D eigenvalue weighted by Crippen LogP contribution is -2.24. The van der Waals surface area contributed by atoms with E-state index >= 15 is 0 Å². The number of hydrogen-bond donors (Lipinski definition) is 2. The first-order chi connectivity index (χ1) is 11.5. The normalized spacial score (nSPS) is 10.4. The van der Waals surface area contributed by atoms with Gasteiger partial charge in [0.05, 0.1) is 0 Å². The molecule has 3 rings (SSSR count). The van der Waals surface area contributed by atoms with Gasteiger partial charge in [0, 0.05) is 22.5 Å². The SMILES string of the molecule is Cc1ccccc1NC(=O)c1cnc(-c2ccc(Cl)cc2)[nH]c1=O. The van der Waals surface area contributed by atoms with Crippen molar-refractivity contribution >= 4 is 23.2 Å². The van der Waals surface area contributed by atoms with E-state index in [4.69, 9.17) is 11.6 Å². The van der Waals surface area contributed by atoms with Gasteiger partial charge in [0.2, 0.25) is 0 Å². The fourth-order valence-electron chi connectivity index (χ4n) is 2.21. The number of para-hydroxylation sites is 1. The highest BCUT2D eigenvalue weighted by Gasteiger charge is 2.13. The molecule has 0 saturated carbocycles. The van der Waals surface area contributed by atoms with E-state index in [2.05, 4.69) is 15.3 Å². The molecule has 2 aromatic carbocycles. The van der Waals surface area contributed by atoms with Crippen LogP contribution in [0.4, 0.5) is 5.69 Å². The van der Waals surface area contributed by atoms with E-state index in [9.17, 15) is 9.59 Å². The van der Waals surface area contributed by atoms with Crippen LogP contribution in [-0.4, -0.2) is 15.9 Å². The average Bonchev–Trinajstić information content (AvgIpc) is 2.57. The van der Waals surface area contributed by atoms with Crippen molar-refractivity contribution in [2.45, 2.75) is 6.92 Å². The first-order valence-corrected chi connectivity index (χ1v) is 7.64. The molecule has 0 atom stereocenters. The van der Waals surface area contributed by atoms with Crippen LogP contribution in [0.3, 0.4) is 0 Å². The van der Waals surface area contributed by atoms with Crippen molar-refractivity contribution in [3.8, 4) is 11.4 Å². The maximum absolute atomic E-state index is 12.3. The molecule has 0 aliphatic carbocycles. The predicted octanol–water partition coefficient (Wildman–Crippen LogP) is 3.65. The second-order valence-electron chi connectivity index (χ2n) is 5.25. The van der Waals surface area contributed by atoms with E-state index in [0.29, 0.717) is 22.1 Å². The van der Waals surface area contributed by atoms with Crippen LogP contribution in [0.1, 0.15) is 15.9 Å². The molecular formula is C18H14ClN3O2. The standard InChI is InChI=1S/C18H14ClN3O2/c1-11-4-2-3-5-15(11)21-17(23)14-10-20-16(22-18(14)24)12-6-8-13(19)9-7-12/h2-10H,1H3,(H,21,23)(H,20,22,24). The Bertz CT molecular complexity index is 949. The lowest BCUT2D eigenvalue weighted by Gasteiger charge is -2.08. The summed E-state index contributed by atoms with van der Waals surface area (Å²) in [6.07, 6.45) is 1.27. The van der Waals surface area contributed by atoms with E-state index in [0.717, 1.165) is 5.56 Å². The van der Waals surface area contributed by atoms with E-state index in [1.54, 1.807) is 30.3 Å². The molecule has 1 heterocycles. The van der Waals surface area contributed by atoms with Crippen molar-refractivity contribution < 1.29 is 4.79 Å². The highest BCUT2D eigenvalue weighted by Crippen LogP contribution is 2.17. The smallest absolute Gasteiger partial charge is 0.264 e. The number of amides is 1. The first kappa shape index (κ1) is 16.0. The Morgan fingerprint density at radius 1 is 1.12 bits per heavy atom. The lowest BCUT2D eigenvalue weighted by atomic mass is 10.2. The summed E-state index contributed by atoms with van der Waals surface area (Å²) in [6.45, 7) is 1.88. The van der Waals surface area contributed by atoms with Crippen molar-refractivity contribution in [2.75, 3.05) is 5.32 Å². The molecule has 120 valence electrons. The monoisotopic (exact) mass is 339 g/mol. The van der Waals surface area contributed by atoms with Gasteiger partial charge in [-0.15, -0.1) is 0 Å². The quantitative estimate of drug-likeness (QED) is 0.764. The van der Waals surface area contributed by atoms with Gasteiger partial charge in [-0.3, -0.25) is 9.59 Å². The molecule has 0 aliphatic heterocycles. The Morgan fingerprint density at radius 3 is 2.50 bits per heavy atom. The van der Waals surface area contributed by atoms with Crippen molar-refractivity contribution in [2.24, 2.45) is 0 Å². The minimum atomic E-state index is -0.499. The maximum atomic E-state index is 12.3. The molecular weight excluding hydrogens is 326 g/mol. The number of aryl methyl sites for hydroxylation is 1. The summed E-state index contributed by atoms with van der Waals surface area (Å²) in [5.74, 6) is -0.121. The molecule has 0 spiro atoms. The Labute approximate surface area is 143 Å². The third kappa shape index (κ3) is 3.36. The molecule has 0 bridgehead atoms. The number of aromatic amines is 1. The second-order valence-corrected chi connectivity index (χ2v) is 5.69. The van der Waals surface area contributed by atoms with Crippen molar-refractivity contribution in [3.63, 3.8) is 0 Å². The van der Waals surface area contributed by atoms with Gasteiger partial charge in [-0.1, -0.05) is 29.8 Å². The van der Waals surface area contributed by atoms with Crippen molar-refractivity contribution in [1.29, 1.82) is 0 Å². The zero-order valence-electron chi connectivity index (χ0n) is 12.8. The number of nitrogens with one attached hydrogen (secondary N) is 2. The number of hydrogen-bond acceptors (Lipinski definition) is 3. The molecule has 0 fully saturated rings. The van der Waals surface area contributed by atoms with Gasteiger partial charge in [-0.05, 0) is 42.8 Å². The molecule has 2 N–H and O–H groups in total. The van der Waals surface area contributed by atoms with E-state index in [1.165, 1.54) is 6.20 Å². The van der Waals surface area contributed by atoms with Gasteiger partial charge in [0.1, 0.15) is 11.4 Å².